The molecule has 3 aromatic rings. The zero-order valence-electron chi connectivity index (χ0n) is 12.2. The van der Waals surface area contributed by atoms with Crippen molar-refractivity contribution in [3.63, 3.8) is 0 Å². The number of amides is 1. The molecule has 116 valence electrons. The Morgan fingerprint density at radius 3 is 2.78 bits per heavy atom. The maximum Gasteiger partial charge on any atom is 0.230 e. The van der Waals surface area contributed by atoms with Crippen molar-refractivity contribution in [1.82, 2.24) is 15.5 Å². The molecule has 1 N–H and O–H groups in total. The average molecular weight is 327 g/mol. The van der Waals surface area contributed by atoms with Gasteiger partial charge in [0.1, 0.15) is 10.8 Å². The normalized spacial score (nSPS) is 10.7. The second-order valence-corrected chi connectivity index (χ2v) is 5.86. The van der Waals surface area contributed by atoms with Crippen LogP contribution in [0.15, 0.2) is 59.8 Å². The van der Waals surface area contributed by atoms with Gasteiger partial charge in [0.15, 0.2) is 0 Å². The highest BCUT2D eigenvalue weighted by molar-refractivity contribution is 8.00. The van der Waals surface area contributed by atoms with E-state index in [0.29, 0.717) is 10.6 Å². The second-order valence-electron chi connectivity index (χ2n) is 4.89. The Kier molecular flexibility index (Phi) is 4.83. The molecule has 1 heterocycles. The lowest BCUT2D eigenvalue weighted by molar-refractivity contribution is -0.118. The maximum absolute atomic E-state index is 13.5. The van der Waals surface area contributed by atoms with Gasteiger partial charge in [-0.15, -0.1) is 5.10 Å². The molecule has 0 bridgehead atoms. The van der Waals surface area contributed by atoms with Crippen LogP contribution in [0.3, 0.4) is 0 Å². The molecule has 1 aromatic heterocycles. The van der Waals surface area contributed by atoms with Gasteiger partial charge in [-0.25, -0.2) is 4.39 Å². The number of carbonyl (C=O) groups is 1. The van der Waals surface area contributed by atoms with Crippen molar-refractivity contribution in [3.05, 3.63) is 66.1 Å². The average Bonchev–Trinajstić information content (AvgIpc) is 2.59. The zero-order chi connectivity index (χ0) is 16.1. The minimum atomic E-state index is -0.319. The van der Waals surface area contributed by atoms with Crippen LogP contribution < -0.4 is 5.32 Å². The van der Waals surface area contributed by atoms with Crippen LogP contribution in [0.25, 0.3) is 10.8 Å². The molecule has 0 atom stereocenters. The Balaban J connectivity index is 1.59. The summed E-state index contributed by atoms with van der Waals surface area (Å²) in [5.41, 5.74) is 0.468. The maximum atomic E-state index is 13.5. The smallest absolute Gasteiger partial charge is 0.230 e. The van der Waals surface area contributed by atoms with Gasteiger partial charge < -0.3 is 5.32 Å². The lowest BCUT2D eigenvalue weighted by Crippen LogP contribution is -2.25. The Bertz CT molecular complexity index is 835. The fourth-order valence-corrected chi connectivity index (χ4v) is 2.94. The minimum absolute atomic E-state index is 0.173. The predicted octanol–water partition coefficient (Wildman–Crippen LogP) is 3.18. The quantitative estimate of drug-likeness (QED) is 0.731. The second kappa shape index (κ2) is 7.19. The first kappa shape index (κ1) is 15.4. The number of fused-ring (bicyclic) bond motifs is 1. The van der Waals surface area contributed by atoms with E-state index in [1.54, 1.807) is 24.4 Å². The fourth-order valence-electron chi connectivity index (χ4n) is 2.13. The van der Waals surface area contributed by atoms with E-state index in [9.17, 15) is 9.18 Å². The molecular weight excluding hydrogens is 313 g/mol. The van der Waals surface area contributed by atoms with E-state index >= 15 is 0 Å². The van der Waals surface area contributed by atoms with Crippen LogP contribution in [-0.4, -0.2) is 21.9 Å². The molecule has 2 aromatic carbocycles. The molecule has 0 radical (unpaired) electrons. The monoisotopic (exact) mass is 327 g/mol. The van der Waals surface area contributed by atoms with Crippen LogP contribution in [-0.2, 0) is 11.3 Å². The van der Waals surface area contributed by atoms with Crippen molar-refractivity contribution in [1.29, 1.82) is 0 Å². The van der Waals surface area contributed by atoms with Gasteiger partial charge in [0.2, 0.25) is 5.91 Å². The van der Waals surface area contributed by atoms with Crippen LogP contribution in [0.4, 0.5) is 4.39 Å². The van der Waals surface area contributed by atoms with Crippen molar-refractivity contribution in [3.8, 4) is 0 Å². The molecule has 4 nitrogen and oxygen atoms in total. The number of aromatic nitrogens is 2. The number of thioether (sulfide) groups is 1. The lowest BCUT2D eigenvalue weighted by Gasteiger charge is -2.07. The molecule has 0 aliphatic heterocycles. The third-order valence-electron chi connectivity index (χ3n) is 3.31. The molecule has 0 unspecified atom stereocenters. The van der Waals surface area contributed by atoms with Gasteiger partial charge in [0.25, 0.3) is 0 Å². The summed E-state index contributed by atoms with van der Waals surface area (Å²) in [6.07, 6.45) is 1.69. The number of carbonyl (C=O) groups excluding carboxylic acids is 1. The van der Waals surface area contributed by atoms with E-state index in [1.165, 1.54) is 17.8 Å². The Morgan fingerprint density at radius 1 is 1.13 bits per heavy atom. The van der Waals surface area contributed by atoms with Crippen LogP contribution >= 0.6 is 11.8 Å². The molecule has 6 heteroatoms. The predicted molar refractivity (Wildman–Crippen MR) is 88.5 cm³/mol. The highest BCUT2D eigenvalue weighted by atomic mass is 32.2. The van der Waals surface area contributed by atoms with Gasteiger partial charge in [-0.1, -0.05) is 54.2 Å². The summed E-state index contributed by atoms with van der Waals surface area (Å²) >= 11 is 1.32. The largest absolute Gasteiger partial charge is 0.351 e. The molecule has 0 saturated heterocycles. The number of nitrogens with one attached hydrogen (secondary N) is 1. The van der Waals surface area contributed by atoms with E-state index in [-0.39, 0.29) is 24.0 Å². The molecule has 0 saturated carbocycles. The van der Waals surface area contributed by atoms with E-state index in [2.05, 4.69) is 15.5 Å². The Labute approximate surface area is 137 Å². The SMILES string of the molecule is O=C(CSc1nncc2ccccc12)NCc1ccccc1F. The molecule has 0 aliphatic carbocycles. The van der Waals surface area contributed by atoms with Gasteiger partial charge in [0, 0.05) is 22.9 Å². The van der Waals surface area contributed by atoms with Gasteiger partial charge in [-0.2, -0.15) is 5.10 Å². The topological polar surface area (TPSA) is 54.9 Å². The summed E-state index contributed by atoms with van der Waals surface area (Å²) in [6.45, 7) is 0.174. The van der Waals surface area contributed by atoms with Crippen molar-refractivity contribution < 1.29 is 9.18 Å². The fraction of sp³-hybridized carbons (Fsp3) is 0.118. The molecule has 1 amide bonds. The Morgan fingerprint density at radius 2 is 1.91 bits per heavy atom. The van der Waals surface area contributed by atoms with E-state index in [0.717, 1.165) is 10.8 Å². The van der Waals surface area contributed by atoms with Gasteiger partial charge >= 0.3 is 0 Å². The van der Waals surface area contributed by atoms with E-state index in [1.807, 2.05) is 24.3 Å². The summed E-state index contributed by atoms with van der Waals surface area (Å²) < 4.78 is 13.5. The van der Waals surface area contributed by atoms with Gasteiger partial charge in [0.05, 0.1) is 11.9 Å². The summed E-state index contributed by atoms with van der Waals surface area (Å²) in [5, 5.41) is 13.4. The van der Waals surface area contributed by atoms with E-state index < -0.39 is 0 Å². The summed E-state index contributed by atoms with van der Waals surface area (Å²) in [4.78, 5) is 11.9. The van der Waals surface area contributed by atoms with Crippen molar-refractivity contribution in [2.75, 3.05) is 5.75 Å². The molecule has 0 fully saturated rings. The third kappa shape index (κ3) is 3.84. The number of hydrogen-bond donors (Lipinski definition) is 1. The molecule has 23 heavy (non-hydrogen) atoms. The highest BCUT2D eigenvalue weighted by Gasteiger charge is 2.08. The first-order valence-electron chi connectivity index (χ1n) is 7.07. The third-order valence-corrected chi connectivity index (χ3v) is 4.29. The first-order valence-corrected chi connectivity index (χ1v) is 8.06. The number of benzene rings is 2. The summed E-state index contributed by atoms with van der Waals surface area (Å²) in [6, 6.07) is 14.1. The van der Waals surface area contributed by atoms with Crippen molar-refractivity contribution in [2.45, 2.75) is 11.6 Å². The van der Waals surface area contributed by atoms with Crippen LogP contribution in [0.1, 0.15) is 5.56 Å². The molecule has 0 spiro atoms. The van der Waals surface area contributed by atoms with Crippen LogP contribution in [0.2, 0.25) is 0 Å². The van der Waals surface area contributed by atoms with Crippen LogP contribution in [0, 0.1) is 5.82 Å². The number of rotatable bonds is 5. The molecule has 0 aliphatic rings. The first-order chi connectivity index (χ1) is 11.2. The van der Waals surface area contributed by atoms with Crippen molar-refractivity contribution >= 4 is 28.4 Å². The summed E-state index contributed by atoms with van der Waals surface area (Å²) in [7, 11) is 0. The Hall–Kier alpha value is -2.47. The standard InChI is InChI=1S/C17H14FN3OS/c18-15-8-4-2-6-13(15)9-19-16(22)11-23-17-14-7-3-1-5-12(14)10-20-21-17/h1-8,10H,9,11H2,(H,19,22). The highest BCUT2D eigenvalue weighted by Crippen LogP contribution is 2.24. The zero-order valence-corrected chi connectivity index (χ0v) is 13.0. The number of halogens is 1. The van der Waals surface area contributed by atoms with E-state index in [4.69, 9.17) is 0 Å². The lowest BCUT2D eigenvalue weighted by atomic mass is 10.2. The number of hydrogen-bond acceptors (Lipinski definition) is 4. The summed E-state index contributed by atoms with van der Waals surface area (Å²) in [5.74, 6) is -0.287. The van der Waals surface area contributed by atoms with Gasteiger partial charge in [-0.3, -0.25) is 4.79 Å². The number of nitrogens with zero attached hydrogens (tertiary/aromatic N) is 2. The van der Waals surface area contributed by atoms with Gasteiger partial charge in [-0.05, 0) is 6.07 Å². The molecule has 3 rings (SSSR count). The van der Waals surface area contributed by atoms with Crippen LogP contribution in [0.5, 0.6) is 0 Å². The van der Waals surface area contributed by atoms with Crippen molar-refractivity contribution in [2.24, 2.45) is 0 Å². The minimum Gasteiger partial charge on any atom is -0.351 e. The molecular formula is C17H14FN3OS.